The molecule has 0 radical (unpaired) electrons. The van der Waals surface area contributed by atoms with Crippen LogP contribution in [0.2, 0.25) is 0 Å². The molecule has 0 unspecified atom stereocenters. The molecule has 1 saturated carbocycles. The maximum absolute atomic E-state index is 10.8. The van der Waals surface area contributed by atoms with Crippen molar-refractivity contribution in [1.29, 1.82) is 0 Å². The van der Waals surface area contributed by atoms with E-state index in [9.17, 15) is 4.79 Å². The lowest BCUT2D eigenvalue weighted by atomic mass is 10.3. The highest BCUT2D eigenvalue weighted by Gasteiger charge is 2.28. The van der Waals surface area contributed by atoms with E-state index in [2.05, 4.69) is 11.8 Å². The summed E-state index contributed by atoms with van der Waals surface area (Å²) >= 11 is 0. The summed E-state index contributed by atoms with van der Waals surface area (Å²) in [6.45, 7) is 5.59. The molecule has 0 heterocycles. The SMILES string of the molecule is CCCN(CC(C)=O)C1CC1. The van der Waals surface area contributed by atoms with Gasteiger partial charge in [0.1, 0.15) is 5.78 Å². The molecule has 2 nitrogen and oxygen atoms in total. The van der Waals surface area contributed by atoms with Crippen molar-refractivity contribution in [2.45, 2.75) is 39.2 Å². The second kappa shape index (κ2) is 3.86. The zero-order valence-electron chi connectivity index (χ0n) is 7.47. The van der Waals surface area contributed by atoms with Crippen LogP contribution in [-0.4, -0.2) is 29.8 Å². The summed E-state index contributed by atoms with van der Waals surface area (Å²) in [6, 6.07) is 0.735. The average Bonchev–Trinajstić information content (AvgIpc) is 2.66. The van der Waals surface area contributed by atoms with Crippen LogP contribution in [0.4, 0.5) is 0 Å². The monoisotopic (exact) mass is 155 g/mol. The van der Waals surface area contributed by atoms with Crippen LogP contribution in [-0.2, 0) is 4.79 Å². The summed E-state index contributed by atoms with van der Waals surface area (Å²) in [7, 11) is 0. The van der Waals surface area contributed by atoms with Gasteiger partial charge in [-0.2, -0.15) is 0 Å². The number of hydrogen-bond donors (Lipinski definition) is 0. The number of Topliss-reactive ketones (excluding diaryl/α,β-unsaturated/α-hetero) is 1. The maximum atomic E-state index is 10.8. The van der Waals surface area contributed by atoms with E-state index in [0.717, 1.165) is 19.0 Å². The summed E-state index contributed by atoms with van der Waals surface area (Å²) in [4.78, 5) is 13.1. The molecule has 1 aliphatic carbocycles. The molecule has 0 saturated heterocycles. The van der Waals surface area contributed by atoms with Gasteiger partial charge in [0.2, 0.25) is 0 Å². The van der Waals surface area contributed by atoms with E-state index in [1.54, 1.807) is 6.92 Å². The molecule has 1 aliphatic rings. The summed E-state index contributed by atoms with van der Waals surface area (Å²) in [5.41, 5.74) is 0. The van der Waals surface area contributed by atoms with Crippen molar-refractivity contribution < 1.29 is 4.79 Å². The normalized spacial score (nSPS) is 17.4. The van der Waals surface area contributed by atoms with Crippen LogP contribution in [0.15, 0.2) is 0 Å². The molecule has 64 valence electrons. The van der Waals surface area contributed by atoms with Gasteiger partial charge in [-0.05, 0) is 32.7 Å². The van der Waals surface area contributed by atoms with Crippen molar-refractivity contribution in [2.24, 2.45) is 0 Å². The first-order valence-corrected chi connectivity index (χ1v) is 4.47. The molecule has 0 amide bonds. The Hall–Kier alpha value is -0.370. The Morgan fingerprint density at radius 3 is 2.55 bits per heavy atom. The molecule has 0 aromatic rings. The zero-order valence-corrected chi connectivity index (χ0v) is 7.47. The first-order chi connectivity index (χ1) is 5.24. The van der Waals surface area contributed by atoms with E-state index in [1.807, 2.05) is 0 Å². The molecule has 0 bridgehead atoms. The summed E-state index contributed by atoms with van der Waals surface area (Å²) in [5, 5.41) is 0. The van der Waals surface area contributed by atoms with Crippen molar-refractivity contribution in [3.8, 4) is 0 Å². The number of nitrogens with zero attached hydrogens (tertiary/aromatic N) is 1. The first kappa shape index (κ1) is 8.72. The average molecular weight is 155 g/mol. The molecular weight excluding hydrogens is 138 g/mol. The fourth-order valence-corrected chi connectivity index (χ4v) is 1.40. The van der Waals surface area contributed by atoms with Crippen LogP contribution in [0, 0.1) is 0 Å². The van der Waals surface area contributed by atoms with Gasteiger partial charge >= 0.3 is 0 Å². The van der Waals surface area contributed by atoms with Crippen LogP contribution in [0.1, 0.15) is 33.1 Å². The van der Waals surface area contributed by atoms with Crippen molar-refractivity contribution in [2.75, 3.05) is 13.1 Å². The highest BCUT2D eigenvalue weighted by molar-refractivity contribution is 5.77. The van der Waals surface area contributed by atoms with Crippen molar-refractivity contribution in [1.82, 2.24) is 4.90 Å². The van der Waals surface area contributed by atoms with E-state index >= 15 is 0 Å². The minimum atomic E-state index is 0.297. The third-order valence-electron chi connectivity index (χ3n) is 2.00. The Labute approximate surface area is 68.6 Å². The lowest BCUT2D eigenvalue weighted by Gasteiger charge is -2.18. The predicted octanol–water partition coefficient (Wildman–Crippen LogP) is 1.45. The van der Waals surface area contributed by atoms with Crippen molar-refractivity contribution in [3.63, 3.8) is 0 Å². The Bertz CT molecular complexity index is 140. The smallest absolute Gasteiger partial charge is 0.143 e. The molecule has 0 spiro atoms. The standard InChI is InChI=1S/C9H17NO/c1-3-6-10(7-8(2)11)9-4-5-9/h9H,3-7H2,1-2H3. The third kappa shape index (κ3) is 3.02. The Morgan fingerprint density at radius 2 is 2.18 bits per heavy atom. The summed E-state index contributed by atoms with van der Waals surface area (Å²) < 4.78 is 0. The summed E-state index contributed by atoms with van der Waals surface area (Å²) in [5.74, 6) is 0.297. The lowest BCUT2D eigenvalue weighted by Crippen LogP contribution is -2.31. The quantitative estimate of drug-likeness (QED) is 0.599. The van der Waals surface area contributed by atoms with Gasteiger partial charge in [0, 0.05) is 6.04 Å². The zero-order chi connectivity index (χ0) is 8.27. The highest BCUT2D eigenvalue weighted by Crippen LogP contribution is 2.26. The van der Waals surface area contributed by atoms with Gasteiger partial charge in [-0.1, -0.05) is 6.92 Å². The Balaban J connectivity index is 2.26. The first-order valence-electron chi connectivity index (χ1n) is 4.47. The Kier molecular flexibility index (Phi) is 3.06. The van der Waals surface area contributed by atoms with Crippen LogP contribution in [0.25, 0.3) is 0 Å². The van der Waals surface area contributed by atoms with E-state index in [4.69, 9.17) is 0 Å². The van der Waals surface area contributed by atoms with Gasteiger partial charge in [-0.3, -0.25) is 9.69 Å². The molecule has 0 N–H and O–H groups in total. The van der Waals surface area contributed by atoms with Crippen LogP contribution >= 0.6 is 0 Å². The third-order valence-corrected chi connectivity index (χ3v) is 2.00. The van der Waals surface area contributed by atoms with E-state index in [1.165, 1.54) is 12.8 Å². The molecule has 11 heavy (non-hydrogen) atoms. The van der Waals surface area contributed by atoms with Gasteiger partial charge in [0.05, 0.1) is 6.54 Å². The highest BCUT2D eigenvalue weighted by atomic mass is 16.1. The molecule has 0 aromatic heterocycles. The maximum Gasteiger partial charge on any atom is 0.143 e. The van der Waals surface area contributed by atoms with Gasteiger partial charge in [-0.15, -0.1) is 0 Å². The molecule has 1 fully saturated rings. The largest absolute Gasteiger partial charge is 0.299 e. The fourth-order valence-electron chi connectivity index (χ4n) is 1.40. The summed E-state index contributed by atoms with van der Waals surface area (Å²) in [6.07, 6.45) is 3.75. The molecule has 2 heteroatoms. The van der Waals surface area contributed by atoms with Crippen molar-refractivity contribution >= 4 is 5.78 Å². The van der Waals surface area contributed by atoms with E-state index in [0.29, 0.717) is 12.3 Å². The number of hydrogen-bond acceptors (Lipinski definition) is 2. The van der Waals surface area contributed by atoms with Crippen molar-refractivity contribution in [3.05, 3.63) is 0 Å². The fraction of sp³-hybridized carbons (Fsp3) is 0.889. The topological polar surface area (TPSA) is 20.3 Å². The molecular formula is C9H17NO. The number of ketones is 1. The molecule has 0 aromatic carbocycles. The van der Waals surface area contributed by atoms with Gasteiger partial charge in [0.15, 0.2) is 0 Å². The predicted molar refractivity (Wildman–Crippen MR) is 45.6 cm³/mol. The lowest BCUT2D eigenvalue weighted by molar-refractivity contribution is -0.118. The number of carbonyl (C=O) groups excluding carboxylic acids is 1. The minimum absolute atomic E-state index is 0.297. The van der Waals surface area contributed by atoms with Crippen LogP contribution < -0.4 is 0 Å². The second-order valence-corrected chi connectivity index (χ2v) is 3.40. The van der Waals surface area contributed by atoms with Crippen LogP contribution in [0.3, 0.4) is 0 Å². The van der Waals surface area contributed by atoms with Gasteiger partial charge in [0.25, 0.3) is 0 Å². The number of carbonyl (C=O) groups is 1. The van der Waals surface area contributed by atoms with Gasteiger partial charge in [-0.25, -0.2) is 0 Å². The second-order valence-electron chi connectivity index (χ2n) is 3.40. The van der Waals surface area contributed by atoms with E-state index < -0.39 is 0 Å². The van der Waals surface area contributed by atoms with Gasteiger partial charge < -0.3 is 0 Å². The van der Waals surface area contributed by atoms with E-state index in [-0.39, 0.29) is 0 Å². The molecule has 0 aliphatic heterocycles. The molecule has 1 rings (SSSR count). The minimum Gasteiger partial charge on any atom is -0.299 e. The Morgan fingerprint density at radius 1 is 1.55 bits per heavy atom. The number of rotatable bonds is 5. The van der Waals surface area contributed by atoms with Crippen LogP contribution in [0.5, 0.6) is 0 Å². The molecule has 0 atom stereocenters.